The van der Waals surface area contributed by atoms with Crippen molar-refractivity contribution in [2.24, 2.45) is 23.7 Å². The van der Waals surface area contributed by atoms with Gasteiger partial charge in [-0.2, -0.15) is 0 Å². The zero-order chi connectivity index (χ0) is 22.1. The van der Waals surface area contributed by atoms with Crippen molar-refractivity contribution in [3.8, 4) is 0 Å². The molecule has 0 radical (unpaired) electrons. The zero-order valence-corrected chi connectivity index (χ0v) is 16.8. The minimum atomic E-state index is 0.502. The Morgan fingerprint density at radius 2 is 1.14 bits per heavy atom. The van der Waals surface area contributed by atoms with Gasteiger partial charge in [0.05, 0.1) is 0 Å². The van der Waals surface area contributed by atoms with E-state index in [1.807, 2.05) is 0 Å². The molecule has 4 atom stereocenters. The average Bonchev–Trinajstić information content (AvgIpc) is 3.42. The fourth-order valence-electron chi connectivity index (χ4n) is 4.64. The van der Waals surface area contributed by atoms with E-state index in [0.717, 1.165) is 28.2 Å². The van der Waals surface area contributed by atoms with Crippen molar-refractivity contribution < 1.29 is 43.8 Å². The van der Waals surface area contributed by atoms with Crippen LogP contribution in [-0.4, -0.2) is 10.7 Å². The second-order valence-corrected chi connectivity index (χ2v) is 7.23. The molecule has 0 aromatic carbocycles. The Morgan fingerprint density at radius 1 is 0.714 bits per heavy atom. The van der Waals surface area contributed by atoms with E-state index in [4.69, 9.17) is 28.0 Å². The molecule has 2 unspecified atom stereocenters. The molecule has 0 aromatic heterocycles. The van der Waals surface area contributed by atoms with Crippen LogP contribution in [0.2, 0.25) is 0 Å². The molecule has 0 aromatic rings. The van der Waals surface area contributed by atoms with Crippen molar-refractivity contribution in [2.45, 2.75) is 57.5 Å². The average molecular weight is 422 g/mol. The number of ether oxygens (including phenoxy) is 1. The van der Waals surface area contributed by atoms with Crippen molar-refractivity contribution in [1.29, 1.82) is 0 Å². The van der Waals surface area contributed by atoms with Gasteiger partial charge in [0.1, 0.15) is 0 Å². The number of rotatable bonds is 1. The van der Waals surface area contributed by atoms with E-state index < -0.39 is 0 Å². The summed E-state index contributed by atoms with van der Waals surface area (Å²) in [7, 11) is 0. The summed E-state index contributed by atoms with van der Waals surface area (Å²) in [5.74, 6) is 3.68. The summed E-state index contributed by atoms with van der Waals surface area (Å²) in [4.78, 5) is 0. The molecule has 148 valence electrons. The Morgan fingerprint density at radius 3 is 1.64 bits per heavy atom. The van der Waals surface area contributed by atoms with Gasteiger partial charge in [0.2, 0.25) is 0 Å². The molecule has 4 rings (SSSR count). The normalized spacial score (nSPS) is 31.9. The topological polar surface area (TPSA) is 109 Å². The van der Waals surface area contributed by atoms with E-state index in [9.17, 15) is 0 Å². The van der Waals surface area contributed by atoms with Gasteiger partial charge in [-0.25, -0.2) is 0 Å². The SMILES string of the molecule is [C-]#[O+].[C-]#[O+].[C-]#[O+].[C-]#[O+].[C-]#[O+].[Cr]=[C]1O[C@H]2CCCC[C@@H]2/C1=C\C1C2CCCCC12. The summed E-state index contributed by atoms with van der Waals surface area (Å²) >= 11 is 3.19. The van der Waals surface area contributed by atoms with Gasteiger partial charge in [-0.05, 0) is 0 Å². The first-order valence-corrected chi connectivity index (χ1v) is 9.43. The van der Waals surface area contributed by atoms with Crippen LogP contribution in [-0.2, 0) is 43.8 Å². The van der Waals surface area contributed by atoms with Gasteiger partial charge in [0.15, 0.2) is 0 Å². The molecule has 7 heteroatoms. The van der Waals surface area contributed by atoms with E-state index in [2.05, 4.69) is 55.2 Å². The third kappa shape index (κ3) is 7.67. The number of fused-ring (bicyclic) bond motifs is 2. The molecule has 6 nitrogen and oxygen atoms in total. The Kier molecular flexibility index (Phi) is 18.5. The van der Waals surface area contributed by atoms with Gasteiger partial charge in [0.25, 0.3) is 0 Å². The summed E-state index contributed by atoms with van der Waals surface area (Å²) in [6.45, 7) is 22.5. The number of hydrogen-bond acceptors (Lipinski definition) is 1. The van der Waals surface area contributed by atoms with E-state index >= 15 is 0 Å². The summed E-state index contributed by atoms with van der Waals surface area (Å²) in [5.41, 5.74) is 1.55. The second-order valence-electron chi connectivity index (χ2n) is 6.65. The first kappa shape index (κ1) is 29.0. The predicted octanol–water partition coefficient (Wildman–Crippen LogP) is 3.43. The summed E-state index contributed by atoms with van der Waals surface area (Å²) in [6, 6.07) is 0. The fraction of sp³-hybridized carbons (Fsp3) is 0.619. The Labute approximate surface area is 174 Å². The monoisotopic (exact) mass is 422 g/mol. The Balaban J connectivity index is 0. The first-order chi connectivity index (χ1) is 13.8. The van der Waals surface area contributed by atoms with Gasteiger partial charge in [-0.15, -0.1) is 0 Å². The molecule has 1 aliphatic heterocycles. The van der Waals surface area contributed by atoms with Crippen LogP contribution in [0.4, 0.5) is 0 Å². The molecule has 1 saturated heterocycles. The molecule has 0 spiro atoms. The van der Waals surface area contributed by atoms with Gasteiger partial charge in [0, 0.05) is 0 Å². The third-order valence-corrected chi connectivity index (χ3v) is 6.21. The maximum absolute atomic E-state index is 7.50. The van der Waals surface area contributed by atoms with Crippen LogP contribution in [0.25, 0.3) is 0 Å². The minimum absolute atomic E-state index is 0.502. The van der Waals surface area contributed by atoms with Crippen LogP contribution in [0.3, 0.4) is 0 Å². The molecule has 0 N–H and O–H groups in total. The first-order valence-electron chi connectivity index (χ1n) is 8.79. The molecule has 3 aliphatic carbocycles. The standard InChI is InChI=1S/C16H22O.5CO.Cr/c1-2-7-14-13(6-1)15(14)9-11-10-17-16-8-4-3-5-12(11)16;5*1-2;/h9,12-16H,1-8H2;;;;;;/b11-9-;;;;;;/t12-,13?,14?,15?,16+;;;;;;/m1....../s1. The third-order valence-electron chi connectivity index (χ3n) is 5.69. The molecule has 4 aliphatic rings. The Bertz CT molecular complexity index is 553. The van der Waals surface area contributed by atoms with Crippen LogP contribution in [0.15, 0.2) is 11.6 Å². The molecule has 1 heterocycles. The van der Waals surface area contributed by atoms with Crippen molar-refractivity contribution in [3.05, 3.63) is 44.9 Å². The number of hydrogen-bond donors (Lipinski definition) is 0. The van der Waals surface area contributed by atoms with Crippen LogP contribution in [0.1, 0.15) is 51.4 Å². The predicted molar refractivity (Wildman–Crippen MR) is 88.5 cm³/mol. The molecule has 28 heavy (non-hydrogen) atoms. The van der Waals surface area contributed by atoms with Crippen LogP contribution in [0, 0.1) is 56.9 Å². The molecule has 3 saturated carbocycles. The van der Waals surface area contributed by atoms with E-state index in [1.54, 1.807) is 5.57 Å². The zero-order valence-electron chi connectivity index (χ0n) is 15.5. The molecule has 0 bridgehead atoms. The van der Waals surface area contributed by atoms with Crippen molar-refractivity contribution in [3.63, 3.8) is 0 Å². The Hall–Kier alpha value is -1.20. The van der Waals surface area contributed by atoms with Crippen LogP contribution >= 0.6 is 0 Å². The van der Waals surface area contributed by atoms with Crippen molar-refractivity contribution in [2.75, 3.05) is 0 Å². The molecule has 0 amide bonds. The quantitative estimate of drug-likeness (QED) is 0.468. The summed E-state index contributed by atoms with van der Waals surface area (Å²) in [5, 5.41) is 0. The van der Waals surface area contributed by atoms with E-state index in [0.29, 0.717) is 6.10 Å². The fourth-order valence-corrected chi connectivity index (χ4v) is 5.18. The maximum atomic E-state index is 7.50. The van der Waals surface area contributed by atoms with Gasteiger partial charge >= 0.3 is 174 Å². The molecule has 4 fully saturated rings. The van der Waals surface area contributed by atoms with Gasteiger partial charge in [-0.3, -0.25) is 0 Å². The van der Waals surface area contributed by atoms with Crippen LogP contribution < -0.4 is 0 Å². The molecular formula is C21H22CrO6. The van der Waals surface area contributed by atoms with Crippen molar-refractivity contribution in [1.82, 2.24) is 0 Å². The van der Waals surface area contributed by atoms with E-state index in [-0.39, 0.29) is 0 Å². The summed E-state index contributed by atoms with van der Waals surface area (Å²) < 4.78 is 44.7. The van der Waals surface area contributed by atoms with Crippen molar-refractivity contribution >= 4 is 4.57 Å². The van der Waals surface area contributed by atoms with E-state index in [1.165, 1.54) is 51.4 Å². The van der Waals surface area contributed by atoms with Gasteiger partial charge in [-0.1, -0.05) is 0 Å². The molecular weight excluding hydrogens is 400 g/mol. The number of allylic oxidation sites excluding steroid dienone is 1. The summed E-state index contributed by atoms with van der Waals surface area (Å²) in [6.07, 6.45) is 14.4. The van der Waals surface area contributed by atoms with Gasteiger partial charge < -0.3 is 0 Å². The second kappa shape index (κ2) is 17.9. The van der Waals surface area contributed by atoms with Crippen LogP contribution in [0.5, 0.6) is 0 Å².